The number of hydrogen-bond donors (Lipinski definition) is 0. The molecule has 0 N–H and O–H groups in total. The average Bonchev–Trinajstić information content (AvgIpc) is 2.25. The third kappa shape index (κ3) is 2.65. The Kier molecular flexibility index (Phi) is 4.15. The first kappa shape index (κ1) is 13.3. The standard InChI is InChI=1S/C14H21OP/c1-5-6-12-16(15,14(2,3)4)13-10-8-7-9-11-13/h5-11H,12H2,1-4H3/b6-5+/t16-/m0/s1. The first-order chi connectivity index (χ1) is 7.42. The summed E-state index contributed by atoms with van der Waals surface area (Å²) in [6.45, 7) is 8.15. The number of allylic oxidation sites excluding steroid dienone is 2. The van der Waals surface area contributed by atoms with Crippen LogP contribution in [0.25, 0.3) is 0 Å². The fraction of sp³-hybridized carbons (Fsp3) is 0.429. The lowest BCUT2D eigenvalue weighted by atomic mass is 10.3. The molecule has 0 radical (unpaired) electrons. The summed E-state index contributed by atoms with van der Waals surface area (Å²) in [5.41, 5.74) is 0. The second-order valence-corrected chi connectivity index (χ2v) is 8.70. The Balaban J connectivity index is 3.21. The van der Waals surface area contributed by atoms with Gasteiger partial charge in [0.15, 0.2) is 0 Å². The second-order valence-electron chi connectivity index (χ2n) is 5.00. The minimum Gasteiger partial charge on any atom is -0.318 e. The van der Waals surface area contributed by atoms with E-state index in [1.165, 1.54) is 0 Å². The van der Waals surface area contributed by atoms with Crippen LogP contribution in [0.1, 0.15) is 27.7 Å². The summed E-state index contributed by atoms with van der Waals surface area (Å²) in [4.78, 5) is 0. The molecule has 0 bridgehead atoms. The van der Waals surface area contributed by atoms with Gasteiger partial charge in [-0.05, 0) is 6.92 Å². The topological polar surface area (TPSA) is 17.1 Å². The van der Waals surface area contributed by atoms with Crippen molar-refractivity contribution < 1.29 is 4.57 Å². The van der Waals surface area contributed by atoms with Gasteiger partial charge in [-0.15, -0.1) is 0 Å². The van der Waals surface area contributed by atoms with Crippen LogP contribution in [0, 0.1) is 0 Å². The summed E-state index contributed by atoms with van der Waals surface area (Å²) in [5, 5.41) is 0.800. The molecule has 1 aromatic rings. The highest BCUT2D eigenvalue weighted by Crippen LogP contribution is 2.56. The monoisotopic (exact) mass is 236 g/mol. The van der Waals surface area contributed by atoms with Crippen LogP contribution in [0.3, 0.4) is 0 Å². The van der Waals surface area contributed by atoms with E-state index in [9.17, 15) is 4.57 Å². The van der Waals surface area contributed by atoms with Crippen LogP contribution in [0.15, 0.2) is 42.5 Å². The fourth-order valence-corrected chi connectivity index (χ4v) is 4.38. The van der Waals surface area contributed by atoms with Crippen LogP contribution >= 0.6 is 7.14 Å². The molecule has 1 rings (SSSR count). The third-order valence-electron chi connectivity index (χ3n) is 2.86. The maximum absolute atomic E-state index is 13.1. The highest BCUT2D eigenvalue weighted by Gasteiger charge is 2.36. The van der Waals surface area contributed by atoms with E-state index < -0.39 is 7.14 Å². The molecule has 0 aliphatic heterocycles. The molecule has 0 saturated heterocycles. The minimum absolute atomic E-state index is 0.187. The molecule has 0 unspecified atom stereocenters. The van der Waals surface area contributed by atoms with Gasteiger partial charge < -0.3 is 4.57 Å². The van der Waals surface area contributed by atoms with Gasteiger partial charge in [0.1, 0.15) is 7.14 Å². The third-order valence-corrected chi connectivity index (χ3v) is 6.88. The van der Waals surface area contributed by atoms with E-state index in [1.54, 1.807) is 0 Å². The molecule has 2 heteroatoms. The Labute approximate surface area is 99.0 Å². The Morgan fingerprint density at radius 1 is 1.19 bits per heavy atom. The Morgan fingerprint density at radius 2 is 1.75 bits per heavy atom. The predicted octanol–water partition coefficient (Wildman–Crippen LogP) is 4.05. The lowest BCUT2D eigenvalue weighted by molar-refractivity contribution is 0.558. The molecular weight excluding hydrogens is 215 g/mol. The maximum Gasteiger partial charge on any atom is 0.124 e. The van der Waals surface area contributed by atoms with Crippen molar-refractivity contribution in [3.8, 4) is 0 Å². The Morgan fingerprint density at radius 3 is 2.19 bits per heavy atom. The SMILES string of the molecule is C/C=C/C[P@](=O)(c1ccccc1)C(C)(C)C. The van der Waals surface area contributed by atoms with E-state index in [4.69, 9.17) is 0 Å². The van der Waals surface area contributed by atoms with Gasteiger partial charge in [-0.25, -0.2) is 0 Å². The number of hydrogen-bond acceptors (Lipinski definition) is 1. The highest BCUT2D eigenvalue weighted by molar-refractivity contribution is 7.73. The van der Waals surface area contributed by atoms with E-state index in [2.05, 4.69) is 20.8 Å². The van der Waals surface area contributed by atoms with Crippen LogP contribution in [-0.4, -0.2) is 11.3 Å². The molecule has 0 spiro atoms. The number of benzene rings is 1. The predicted molar refractivity (Wildman–Crippen MR) is 73.1 cm³/mol. The van der Waals surface area contributed by atoms with Crippen LogP contribution in [-0.2, 0) is 4.57 Å². The lowest BCUT2D eigenvalue weighted by Gasteiger charge is -2.31. The van der Waals surface area contributed by atoms with Gasteiger partial charge in [0.2, 0.25) is 0 Å². The van der Waals surface area contributed by atoms with E-state index in [1.807, 2.05) is 49.4 Å². The van der Waals surface area contributed by atoms with Gasteiger partial charge >= 0.3 is 0 Å². The zero-order chi connectivity index (χ0) is 12.2. The van der Waals surface area contributed by atoms with E-state index in [-0.39, 0.29) is 5.16 Å². The average molecular weight is 236 g/mol. The van der Waals surface area contributed by atoms with Crippen LogP contribution in [0.2, 0.25) is 0 Å². The van der Waals surface area contributed by atoms with E-state index >= 15 is 0 Å². The molecule has 0 heterocycles. The summed E-state index contributed by atoms with van der Waals surface area (Å²) in [6, 6.07) is 9.85. The number of rotatable bonds is 3. The van der Waals surface area contributed by atoms with Gasteiger partial charge in [0.25, 0.3) is 0 Å². The molecule has 88 valence electrons. The molecule has 0 amide bonds. The van der Waals surface area contributed by atoms with Crippen LogP contribution < -0.4 is 5.30 Å². The Hall–Kier alpha value is -0.810. The molecule has 0 aliphatic carbocycles. The summed E-state index contributed by atoms with van der Waals surface area (Å²) in [7, 11) is -2.36. The molecular formula is C14H21OP. The highest BCUT2D eigenvalue weighted by atomic mass is 31.2. The van der Waals surface area contributed by atoms with Gasteiger partial charge in [0, 0.05) is 16.6 Å². The van der Waals surface area contributed by atoms with Crippen molar-refractivity contribution in [1.82, 2.24) is 0 Å². The van der Waals surface area contributed by atoms with Gasteiger partial charge in [-0.2, -0.15) is 0 Å². The molecule has 1 nitrogen and oxygen atoms in total. The lowest BCUT2D eigenvalue weighted by Crippen LogP contribution is -2.24. The zero-order valence-corrected chi connectivity index (χ0v) is 11.5. The normalized spacial score (nSPS) is 16.2. The van der Waals surface area contributed by atoms with Crippen LogP contribution in [0.5, 0.6) is 0 Å². The van der Waals surface area contributed by atoms with E-state index in [0.717, 1.165) is 5.30 Å². The quantitative estimate of drug-likeness (QED) is 0.571. The molecule has 16 heavy (non-hydrogen) atoms. The van der Waals surface area contributed by atoms with Crippen LogP contribution in [0.4, 0.5) is 0 Å². The van der Waals surface area contributed by atoms with Crippen molar-refractivity contribution in [2.45, 2.75) is 32.9 Å². The van der Waals surface area contributed by atoms with Crippen molar-refractivity contribution in [3.63, 3.8) is 0 Å². The molecule has 0 fully saturated rings. The molecule has 0 aliphatic rings. The van der Waals surface area contributed by atoms with Gasteiger partial charge in [-0.1, -0.05) is 63.3 Å². The zero-order valence-electron chi connectivity index (χ0n) is 10.6. The van der Waals surface area contributed by atoms with Crippen molar-refractivity contribution in [2.24, 2.45) is 0 Å². The molecule has 0 aromatic heterocycles. The van der Waals surface area contributed by atoms with Gasteiger partial charge in [-0.3, -0.25) is 0 Å². The smallest absolute Gasteiger partial charge is 0.124 e. The van der Waals surface area contributed by atoms with Crippen molar-refractivity contribution in [3.05, 3.63) is 42.5 Å². The fourth-order valence-electron chi connectivity index (χ4n) is 1.69. The second kappa shape index (κ2) is 5.01. The minimum atomic E-state index is -2.36. The summed E-state index contributed by atoms with van der Waals surface area (Å²) in [5.74, 6) is 0. The molecule has 1 atom stereocenters. The summed E-state index contributed by atoms with van der Waals surface area (Å²) in [6.07, 6.45) is 4.64. The van der Waals surface area contributed by atoms with Gasteiger partial charge in [0.05, 0.1) is 0 Å². The maximum atomic E-state index is 13.1. The van der Waals surface area contributed by atoms with Crippen molar-refractivity contribution in [1.29, 1.82) is 0 Å². The molecule has 0 saturated carbocycles. The first-order valence-electron chi connectivity index (χ1n) is 5.68. The Bertz CT molecular complexity index is 398. The van der Waals surface area contributed by atoms with E-state index in [0.29, 0.717) is 6.16 Å². The summed E-state index contributed by atoms with van der Waals surface area (Å²) >= 11 is 0. The first-order valence-corrected chi connectivity index (χ1v) is 7.57. The van der Waals surface area contributed by atoms with Crippen molar-refractivity contribution in [2.75, 3.05) is 6.16 Å². The summed E-state index contributed by atoms with van der Waals surface area (Å²) < 4.78 is 13.1. The van der Waals surface area contributed by atoms with Crippen molar-refractivity contribution >= 4 is 12.4 Å². The largest absolute Gasteiger partial charge is 0.318 e. The molecule has 1 aromatic carbocycles.